The lowest BCUT2D eigenvalue weighted by molar-refractivity contribution is 0.0895. The minimum atomic E-state index is 0.297. The first kappa shape index (κ1) is 13.1. The zero-order chi connectivity index (χ0) is 13.1. The predicted octanol–water partition coefficient (Wildman–Crippen LogP) is 3.54. The minimum Gasteiger partial charge on any atom is -0.373 e. The fourth-order valence-corrected chi connectivity index (χ4v) is 3.61. The lowest BCUT2D eigenvalue weighted by atomic mass is 9.94. The lowest BCUT2D eigenvalue weighted by Crippen LogP contribution is -2.35. The molecule has 0 radical (unpaired) electrons. The second-order valence-corrected chi connectivity index (χ2v) is 6.17. The van der Waals surface area contributed by atoms with E-state index in [4.69, 9.17) is 4.74 Å². The molecule has 2 aliphatic rings. The molecular formula is C17H25NO. The van der Waals surface area contributed by atoms with Crippen molar-refractivity contribution in [3.63, 3.8) is 0 Å². The molecule has 0 unspecified atom stereocenters. The number of nitrogens with one attached hydrogen (secondary N) is 1. The normalized spacial score (nSPS) is 34.8. The molecule has 4 atom stereocenters. The van der Waals surface area contributed by atoms with Crippen LogP contribution in [0.15, 0.2) is 30.3 Å². The zero-order valence-electron chi connectivity index (χ0n) is 11.8. The fourth-order valence-electron chi connectivity index (χ4n) is 3.61. The van der Waals surface area contributed by atoms with Crippen LogP contribution in [0.4, 0.5) is 0 Å². The Morgan fingerprint density at radius 3 is 2.74 bits per heavy atom. The fraction of sp³-hybridized carbons (Fsp3) is 0.647. The molecule has 2 nitrogen and oxygen atoms in total. The van der Waals surface area contributed by atoms with Crippen molar-refractivity contribution < 1.29 is 4.74 Å². The molecule has 1 N–H and O–H groups in total. The van der Waals surface area contributed by atoms with Gasteiger partial charge in [0, 0.05) is 25.1 Å². The first-order valence-corrected chi connectivity index (χ1v) is 7.74. The van der Waals surface area contributed by atoms with Crippen molar-refractivity contribution in [1.82, 2.24) is 5.32 Å². The van der Waals surface area contributed by atoms with Gasteiger partial charge in [0.15, 0.2) is 0 Å². The summed E-state index contributed by atoms with van der Waals surface area (Å²) in [5, 5.41) is 3.79. The standard InChI is InChI=1S/C17H25NO/c1-13-6-5-9-16(13)18-12-15-10-11-19-17(15)14-7-3-2-4-8-14/h2-4,7-8,13,15-18H,5-6,9-12H2,1H3/t13-,15+,16+,17-/m1/s1. The Kier molecular flexibility index (Phi) is 4.19. The quantitative estimate of drug-likeness (QED) is 0.893. The molecule has 1 aromatic carbocycles. The van der Waals surface area contributed by atoms with Crippen LogP contribution in [0.1, 0.15) is 44.3 Å². The van der Waals surface area contributed by atoms with Gasteiger partial charge in [0.1, 0.15) is 0 Å². The smallest absolute Gasteiger partial charge is 0.0866 e. The van der Waals surface area contributed by atoms with E-state index in [-0.39, 0.29) is 0 Å². The van der Waals surface area contributed by atoms with Gasteiger partial charge in [-0.3, -0.25) is 0 Å². The van der Waals surface area contributed by atoms with Gasteiger partial charge in [-0.15, -0.1) is 0 Å². The number of hydrogen-bond acceptors (Lipinski definition) is 2. The maximum Gasteiger partial charge on any atom is 0.0866 e. The zero-order valence-corrected chi connectivity index (χ0v) is 11.8. The summed E-state index contributed by atoms with van der Waals surface area (Å²) >= 11 is 0. The van der Waals surface area contributed by atoms with Crippen LogP contribution in [0.5, 0.6) is 0 Å². The second kappa shape index (κ2) is 6.06. The number of rotatable bonds is 4. The molecule has 2 fully saturated rings. The van der Waals surface area contributed by atoms with Gasteiger partial charge in [0.25, 0.3) is 0 Å². The highest BCUT2D eigenvalue weighted by Gasteiger charge is 2.31. The van der Waals surface area contributed by atoms with Crippen molar-refractivity contribution in [3.05, 3.63) is 35.9 Å². The third kappa shape index (κ3) is 3.01. The van der Waals surface area contributed by atoms with Gasteiger partial charge in [0.05, 0.1) is 6.10 Å². The van der Waals surface area contributed by atoms with E-state index in [1.54, 1.807) is 0 Å². The maximum atomic E-state index is 5.95. The van der Waals surface area contributed by atoms with Gasteiger partial charge in [-0.25, -0.2) is 0 Å². The minimum absolute atomic E-state index is 0.297. The van der Waals surface area contributed by atoms with Crippen LogP contribution in [-0.2, 0) is 4.74 Å². The van der Waals surface area contributed by atoms with Crippen LogP contribution in [0.3, 0.4) is 0 Å². The van der Waals surface area contributed by atoms with E-state index in [0.29, 0.717) is 12.0 Å². The Hall–Kier alpha value is -0.860. The molecule has 1 heterocycles. The molecule has 19 heavy (non-hydrogen) atoms. The first-order chi connectivity index (χ1) is 9.34. The highest BCUT2D eigenvalue weighted by atomic mass is 16.5. The van der Waals surface area contributed by atoms with Crippen molar-refractivity contribution in [2.75, 3.05) is 13.2 Å². The van der Waals surface area contributed by atoms with Gasteiger partial charge < -0.3 is 10.1 Å². The van der Waals surface area contributed by atoms with Gasteiger partial charge in [-0.1, -0.05) is 43.7 Å². The van der Waals surface area contributed by atoms with E-state index in [0.717, 1.165) is 25.1 Å². The Morgan fingerprint density at radius 2 is 2.00 bits per heavy atom. The Labute approximate surface area is 116 Å². The van der Waals surface area contributed by atoms with Crippen LogP contribution in [-0.4, -0.2) is 19.2 Å². The van der Waals surface area contributed by atoms with Gasteiger partial charge >= 0.3 is 0 Å². The van der Waals surface area contributed by atoms with Crippen LogP contribution < -0.4 is 5.32 Å². The summed E-state index contributed by atoms with van der Waals surface area (Å²) in [5.74, 6) is 1.48. The van der Waals surface area contributed by atoms with Crippen molar-refractivity contribution in [1.29, 1.82) is 0 Å². The van der Waals surface area contributed by atoms with E-state index in [1.807, 2.05) is 0 Å². The molecule has 104 valence electrons. The van der Waals surface area contributed by atoms with Gasteiger partial charge in [-0.05, 0) is 30.7 Å². The molecule has 1 aliphatic heterocycles. The summed E-state index contributed by atoms with van der Waals surface area (Å²) in [6, 6.07) is 11.4. The first-order valence-electron chi connectivity index (χ1n) is 7.74. The van der Waals surface area contributed by atoms with E-state index >= 15 is 0 Å². The van der Waals surface area contributed by atoms with E-state index in [9.17, 15) is 0 Å². The third-order valence-electron chi connectivity index (χ3n) is 4.85. The predicted molar refractivity (Wildman–Crippen MR) is 78.0 cm³/mol. The van der Waals surface area contributed by atoms with Crippen molar-refractivity contribution in [2.24, 2.45) is 11.8 Å². The number of ether oxygens (including phenoxy) is 1. The molecule has 1 saturated heterocycles. The SMILES string of the molecule is C[C@@H]1CCC[C@@H]1NC[C@@H]1CCO[C@@H]1c1ccccc1. The molecule has 2 heteroatoms. The lowest BCUT2D eigenvalue weighted by Gasteiger charge is -2.23. The summed E-state index contributed by atoms with van der Waals surface area (Å²) in [6.07, 6.45) is 5.62. The Morgan fingerprint density at radius 1 is 1.16 bits per heavy atom. The van der Waals surface area contributed by atoms with Crippen LogP contribution in [0.2, 0.25) is 0 Å². The molecule has 1 aliphatic carbocycles. The monoisotopic (exact) mass is 259 g/mol. The average molecular weight is 259 g/mol. The van der Waals surface area contributed by atoms with Crippen molar-refractivity contribution in [3.8, 4) is 0 Å². The maximum absolute atomic E-state index is 5.95. The summed E-state index contributed by atoms with van der Waals surface area (Å²) in [5.41, 5.74) is 1.34. The summed E-state index contributed by atoms with van der Waals surface area (Å²) in [4.78, 5) is 0. The topological polar surface area (TPSA) is 21.3 Å². The van der Waals surface area contributed by atoms with Crippen molar-refractivity contribution in [2.45, 2.75) is 44.8 Å². The molecule has 3 rings (SSSR count). The van der Waals surface area contributed by atoms with Crippen LogP contribution in [0, 0.1) is 11.8 Å². The summed E-state index contributed by atoms with van der Waals surface area (Å²) in [7, 11) is 0. The summed E-state index contributed by atoms with van der Waals surface area (Å²) < 4.78 is 5.95. The van der Waals surface area contributed by atoms with E-state index in [1.165, 1.54) is 31.2 Å². The Bertz CT molecular complexity index is 392. The summed E-state index contributed by atoms with van der Waals surface area (Å²) in [6.45, 7) is 4.39. The van der Waals surface area contributed by atoms with Crippen LogP contribution >= 0.6 is 0 Å². The van der Waals surface area contributed by atoms with Gasteiger partial charge in [-0.2, -0.15) is 0 Å². The van der Waals surface area contributed by atoms with E-state index < -0.39 is 0 Å². The molecule has 0 amide bonds. The molecule has 1 aromatic rings. The molecule has 0 spiro atoms. The average Bonchev–Trinajstić information content (AvgIpc) is 3.06. The highest BCUT2D eigenvalue weighted by Crippen LogP contribution is 2.34. The molecule has 0 aromatic heterocycles. The van der Waals surface area contributed by atoms with Crippen molar-refractivity contribution >= 4 is 0 Å². The third-order valence-corrected chi connectivity index (χ3v) is 4.85. The molecule has 0 bridgehead atoms. The Balaban J connectivity index is 1.58. The molecule has 1 saturated carbocycles. The van der Waals surface area contributed by atoms with Gasteiger partial charge in [0.2, 0.25) is 0 Å². The highest BCUT2D eigenvalue weighted by molar-refractivity contribution is 5.19. The molecular weight excluding hydrogens is 234 g/mol. The van der Waals surface area contributed by atoms with E-state index in [2.05, 4.69) is 42.6 Å². The second-order valence-electron chi connectivity index (χ2n) is 6.17. The van der Waals surface area contributed by atoms with Crippen LogP contribution in [0.25, 0.3) is 0 Å². The number of benzene rings is 1. The largest absolute Gasteiger partial charge is 0.373 e. The number of hydrogen-bond donors (Lipinski definition) is 1.